The summed E-state index contributed by atoms with van der Waals surface area (Å²) < 4.78 is 5.12. The summed E-state index contributed by atoms with van der Waals surface area (Å²) in [5, 5.41) is 14.0. The molecule has 0 aliphatic heterocycles. The third-order valence-corrected chi connectivity index (χ3v) is 2.97. The first kappa shape index (κ1) is 15.6. The lowest BCUT2D eigenvalue weighted by Crippen LogP contribution is -2.33. The number of anilines is 2. The van der Waals surface area contributed by atoms with Gasteiger partial charge in [0.25, 0.3) is 0 Å². The van der Waals surface area contributed by atoms with Crippen molar-refractivity contribution in [1.29, 1.82) is 0 Å². The largest absolute Gasteiger partial charge is 0.545 e. The second-order valence-corrected chi connectivity index (χ2v) is 4.71. The van der Waals surface area contributed by atoms with E-state index in [1.165, 1.54) is 12.1 Å². The van der Waals surface area contributed by atoms with Crippen LogP contribution in [0.5, 0.6) is 5.75 Å². The van der Waals surface area contributed by atoms with E-state index in [1.807, 2.05) is 24.3 Å². The number of aromatic carboxylic acids is 1. The maximum absolute atomic E-state index is 10.6. The van der Waals surface area contributed by atoms with Crippen LogP contribution in [-0.4, -0.2) is 18.2 Å². The molecule has 2 aromatic rings. The summed E-state index contributed by atoms with van der Waals surface area (Å²) >= 11 is 5.15. The van der Waals surface area contributed by atoms with Crippen LogP contribution in [0.25, 0.3) is 0 Å². The van der Waals surface area contributed by atoms with E-state index in [2.05, 4.69) is 16.2 Å². The number of carboxylic acids is 1. The molecule has 0 aliphatic rings. The van der Waals surface area contributed by atoms with Crippen LogP contribution in [0.15, 0.2) is 48.5 Å². The molecule has 22 heavy (non-hydrogen) atoms. The van der Waals surface area contributed by atoms with E-state index < -0.39 is 5.97 Å². The third-order valence-electron chi connectivity index (χ3n) is 2.77. The van der Waals surface area contributed by atoms with Crippen LogP contribution in [0.1, 0.15) is 10.4 Å². The number of ether oxygens (including phenoxy) is 1. The van der Waals surface area contributed by atoms with Crippen LogP contribution in [0.4, 0.5) is 11.4 Å². The predicted octanol–water partition coefficient (Wildman–Crippen LogP) is 1.37. The van der Waals surface area contributed by atoms with Gasteiger partial charge in [0, 0.05) is 11.8 Å². The molecule has 114 valence electrons. The molecule has 2 rings (SSSR count). The van der Waals surface area contributed by atoms with Crippen LogP contribution in [0, 0.1) is 0 Å². The minimum absolute atomic E-state index is 0.114. The summed E-state index contributed by atoms with van der Waals surface area (Å²) in [4.78, 5) is 10.6. The number of benzene rings is 2. The third kappa shape index (κ3) is 4.35. The Hall–Kier alpha value is -2.80. The van der Waals surface area contributed by atoms with Gasteiger partial charge in [0.1, 0.15) is 5.75 Å². The zero-order valence-corrected chi connectivity index (χ0v) is 12.6. The second-order valence-electron chi connectivity index (χ2n) is 4.30. The first-order valence-electron chi connectivity index (χ1n) is 6.37. The molecule has 0 spiro atoms. The maximum Gasteiger partial charge on any atom is 0.189 e. The number of hydrogen-bond donors (Lipinski definition) is 3. The van der Waals surface area contributed by atoms with Gasteiger partial charge in [-0.15, -0.1) is 0 Å². The Morgan fingerprint density at radius 2 is 1.86 bits per heavy atom. The number of methoxy groups -OCH3 is 1. The quantitative estimate of drug-likeness (QED) is 0.567. The van der Waals surface area contributed by atoms with E-state index in [0.29, 0.717) is 10.8 Å². The highest BCUT2D eigenvalue weighted by Gasteiger charge is 2.00. The van der Waals surface area contributed by atoms with Crippen molar-refractivity contribution in [3.8, 4) is 5.75 Å². The molecule has 0 fully saturated rings. The van der Waals surface area contributed by atoms with Crippen LogP contribution in [-0.2, 0) is 0 Å². The molecule has 0 aromatic heterocycles. The average molecular weight is 316 g/mol. The standard InChI is InChI=1S/C15H15N3O3S/c1-21-13-4-2-3-12(9-13)16-15(22)18-17-11-7-5-10(6-8-11)14(19)20/h2-9,17H,1H3,(H,19,20)(H2,16,18,22)/p-1. The molecule has 0 saturated carbocycles. The number of hydrazine groups is 1. The number of carbonyl (C=O) groups excluding carboxylic acids is 1. The normalized spacial score (nSPS) is 9.68. The topological polar surface area (TPSA) is 85.5 Å². The van der Waals surface area contributed by atoms with Gasteiger partial charge in [0.05, 0.1) is 18.8 Å². The molecule has 6 nitrogen and oxygen atoms in total. The first-order chi connectivity index (χ1) is 10.6. The Morgan fingerprint density at radius 3 is 2.50 bits per heavy atom. The van der Waals surface area contributed by atoms with Crippen molar-refractivity contribution in [2.75, 3.05) is 17.9 Å². The van der Waals surface area contributed by atoms with Gasteiger partial charge in [-0.3, -0.25) is 10.9 Å². The van der Waals surface area contributed by atoms with E-state index in [-0.39, 0.29) is 5.56 Å². The summed E-state index contributed by atoms with van der Waals surface area (Å²) in [6, 6.07) is 13.4. The molecule has 0 heterocycles. The predicted molar refractivity (Wildman–Crippen MR) is 86.7 cm³/mol. The van der Waals surface area contributed by atoms with Gasteiger partial charge in [0.15, 0.2) is 5.11 Å². The molecule has 2 aromatic carbocycles. The fourth-order valence-electron chi connectivity index (χ4n) is 1.68. The Bertz CT molecular complexity index is 674. The van der Waals surface area contributed by atoms with Gasteiger partial charge in [-0.05, 0) is 42.0 Å². The van der Waals surface area contributed by atoms with Crippen molar-refractivity contribution in [2.45, 2.75) is 0 Å². The van der Waals surface area contributed by atoms with E-state index in [0.717, 1.165) is 11.4 Å². The summed E-state index contributed by atoms with van der Waals surface area (Å²) in [6.45, 7) is 0. The minimum Gasteiger partial charge on any atom is -0.545 e. The SMILES string of the molecule is COc1cccc(NC(=S)NNc2ccc(C(=O)[O-])cc2)c1. The molecule has 0 saturated heterocycles. The van der Waals surface area contributed by atoms with Gasteiger partial charge < -0.3 is 20.0 Å². The van der Waals surface area contributed by atoms with Crippen molar-refractivity contribution >= 4 is 34.7 Å². The fraction of sp³-hybridized carbons (Fsp3) is 0.0667. The van der Waals surface area contributed by atoms with Crippen LogP contribution in [0.2, 0.25) is 0 Å². The van der Waals surface area contributed by atoms with Gasteiger partial charge in [-0.1, -0.05) is 18.2 Å². The number of carbonyl (C=O) groups is 1. The van der Waals surface area contributed by atoms with Gasteiger partial charge in [-0.2, -0.15) is 0 Å². The first-order valence-corrected chi connectivity index (χ1v) is 6.78. The zero-order chi connectivity index (χ0) is 15.9. The highest BCUT2D eigenvalue weighted by Crippen LogP contribution is 2.16. The lowest BCUT2D eigenvalue weighted by molar-refractivity contribution is -0.255. The Morgan fingerprint density at radius 1 is 1.14 bits per heavy atom. The highest BCUT2D eigenvalue weighted by molar-refractivity contribution is 7.80. The van der Waals surface area contributed by atoms with Crippen LogP contribution < -0.4 is 26.0 Å². The Labute approximate surface area is 133 Å². The maximum atomic E-state index is 10.6. The van der Waals surface area contributed by atoms with E-state index in [4.69, 9.17) is 17.0 Å². The van der Waals surface area contributed by atoms with E-state index in [9.17, 15) is 9.90 Å². The summed E-state index contributed by atoms with van der Waals surface area (Å²) in [7, 11) is 1.59. The number of nitrogens with one attached hydrogen (secondary N) is 3. The Balaban J connectivity index is 1.88. The van der Waals surface area contributed by atoms with E-state index in [1.54, 1.807) is 19.2 Å². The Kier molecular flexibility index (Phi) is 5.16. The molecule has 0 amide bonds. The average Bonchev–Trinajstić information content (AvgIpc) is 2.53. The lowest BCUT2D eigenvalue weighted by Gasteiger charge is -2.13. The molecular weight excluding hydrogens is 302 g/mol. The molecule has 7 heteroatoms. The highest BCUT2D eigenvalue weighted by atomic mass is 32.1. The van der Waals surface area contributed by atoms with E-state index >= 15 is 0 Å². The number of hydrogen-bond acceptors (Lipinski definition) is 5. The van der Waals surface area contributed by atoms with Crippen LogP contribution >= 0.6 is 12.2 Å². The smallest absolute Gasteiger partial charge is 0.189 e. The van der Waals surface area contributed by atoms with Crippen molar-refractivity contribution in [1.82, 2.24) is 5.43 Å². The van der Waals surface area contributed by atoms with Gasteiger partial charge in [-0.25, -0.2) is 0 Å². The number of rotatable bonds is 5. The van der Waals surface area contributed by atoms with Crippen LogP contribution in [0.3, 0.4) is 0 Å². The molecular formula is C15H14N3O3S-. The number of thiocarbonyl (C=S) groups is 1. The lowest BCUT2D eigenvalue weighted by atomic mass is 10.2. The van der Waals surface area contributed by atoms with Gasteiger partial charge >= 0.3 is 0 Å². The zero-order valence-electron chi connectivity index (χ0n) is 11.8. The fourth-order valence-corrected chi connectivity index (χ4v) is 1.85. The summed E-state index contributed by atoms with van der Waals surface area (Å²) in [6.07, 6.45) is 0. The monoisotopic (exact) mass is 316 g/mol. The molecule has 0 bridgehead atoms. The molecule has 0 aliphatic carbocycles. The van der Waals surface area contributed by atoms with Crippen molar-refractivity contribution in [2.24, 2.45) is 0 Å². The van der Waals surface area contributed by atoms with Crippen molar-refractivity contribution in [3.05, 3.63) is 54.1 Å². The minimum atomic E-state index is -1.21. The molecule has 0 atom stereocenters. The molecule has 3 N–H and O–H groups in total. The summed E-state index contributed by atoms with van der Waals surface area (Å²) in [5.74, 6) is -0.492. The van der Waals surface area contributed by atoms with Crippen molar-refractivity contribution in [3.63, 3.8) is 0 Å². The van der Waals surface area contributed by atoms with Gasteiger partial charge in [0.2, 0.25) is 0 Å². The summed E-state index contributed by atoms with van der Waals surface area (Å²) in [5.41, 5.74) is 7.22. The number of carboxylic acid groups (broad SMARTS) is 1. The van der Waals surface area contributed by atoms with Crippen molar-refractivity contribution < 1.29 is 14.6 Å². The second kappa shape index (κ2) is 7.28. The molecule has 0 radical (unpaired) electrons. The molecule has 0 unspecified atom stereocenters.